The Hall–Kier alpha value is -1.27. The van der Waals surface area contributed by atoms with E-state index in [1.54, 1.807) is 21.3 Å². The van der Waals surface area contributed by atoms with Gasteiger partial charge in [-0.1, -0.05) is 24.3 Å². The molecule has 0 aliphatic rings. The van der Waals surface area contributed by atoms with Crippen molar-refractivity contribution in [3.63, 3.8) is 0 Å². The molecule has 0 spiro atoms. The molecular formula is C12H15NO3Si. The molecule has 0 amide bonds. The minimum atomic E-state index is -2.82. The van der Waals surface area contributed by atoms with Crippen molar-refractivity contribution in [3.8, 4) is 0 Å². The lowest BCUT2D eigenvalue weighted by Gasteiger charge is -2.23. The SMILES string of the molecule is CO[Si](OC)(OC)c1cc2ccccc2cn1. The van der Waals surface area contributed by atoms with Crippen LogP contribution in [0.3, 0.4) is 0 Å². The summed E-state index contributed by atoms with van der Waals surface area (Å²) in [6.07, 6.45) is 1.81. The van der Waals surface area contributed by atoms with E-state index in [9.17, 15) is 0 Å². The Labute approximate surface area is 102 Å². The van der Waals surface area contributed by atoms with Crippen LogP contribution in [0.25, 0.3) is 10.8 Å². The Balaban J connectivity index is 2.55. The fourth-order valence-corrected chi connectivity index (χ4v) is 3.50. The summed E-state index contributed by atoms with van der Waals surface area (Å²) < 4.78 is 16.2. The molecule has 4 nitrogen and oxygen atoms in total. The molecule has 0 aliphatic heterocycles. The first-order valence-corrected chi connectivity index (χ1v) is 6.99. The second-order valence-electron chi connectivity index (χ2n) is 3.59. The molecule has 0 fully saturated rings. The predicted molar refractivity (Wildman–Crippen MR) is 68.2 cm³/mol. The van der Waals surface area contributed by atoms with Gasteiger partial charge in [0.15, 0.2) is 0 Å². The number of nitrogens with zero attached hydrogens (tertiary/aromatic N) is 1. The zero-order valence-corrected chi connectivity index (χ0v) is 11.1. The molecule has 90 valence electrons. The van der Waals surface area contributed by atoms with Crippen LogP contribution in [-0.4, -0.2) is 35.1 Å². The van der Waals surface area contributed by atoms with Gasteiger partial charge in [-0.25, -0.2) is 0 Å². The second-order valence-corrected chi connectivity index (χ2v) is 6.43. The highest BCUT2D eigenvalue weighted by Gasteiger charge is 2.42. The van der Waals surface area contributed by atoms with Crippen LogP contribution >= 0.6 is 0 Å². The van der Waals surface area contributed by atoms with Gasteiger partial charge >= 0.3 is 8.80 Å². The molecule has 0 bridgehead atoms. The minimum absolute atomic E-state index is 0.726. The molecular weight excluding hydrogens is 234 g/mol. The van der Waals surface area contributed by atoms with Gasteiger partial charge in [-0.05, 0) is 16.8 Å². The van der Waals surface area contributed by atoms with E-state index < -0.39 is 8.80 Å². The Morgan fingerprint density at radius 1 is 0.941 bits per heavy atom. The lowest BCUT2D eigenvalue weighted by molar-refractivity contribution is 0.139. The van der Waals surface area contributed by atoms with Crippen molar-refractivity contribution >= 4 is 24.9 Å². The van der Waals surface area contributed by atoms with Crippen molar-refractivity contribution in [2.45, 2.75) is 0 Å². The van der Waals surface area contributed by atoms with Crippen molar-refractivity contribution in [1.82, 2.24) is 4.98 Å². The number of aromatic nitrogens is 1. The number of pyridine rings is 1. The summed E-state index contributed by atoms with van der Waals surface area (Å²) >= 11 is 0. The van der Waals surface area contributed by atoms with Gasteiger partial charge in [-0.3, -0.25) is 4.98 Å². The largest absolute Gasteiger partial charge is 0.555 e. The van der Waals surface area contributed by atoms with Gasteiger partial charge in [-0.15, -0.1) is 0 Å². The van der Waals surface area contributed by atoms with Crippen LogP contribution in [0.2, 0.25) is 0 Å². The van der Waals surface area contributed by atoms with Crippen molar-refractivity contribution < 1.29 is 13.3 Å². The average molecular weight is 249 g/mol. The van der Waals surface area contributed by atoms with Crippen LogP contribution in [0, 0.1) is 0 Å². The van der Waals surface area contributed by atoms with Crippen molar-refractivity contribution in [1.29, 1.82) is 0 Å². The van der Waals surface area contributed by atoms with E-state index in [1.165, 1.54) is 0 Å². The molecule has 1 heterocycles. The van der Waals surface area contributed by atoms with Gasteiger partial charge in [0.25, 0.3) is 0 Å². The van der Waals surface area contributed by atoms with Crippen LogP contribution in [0.4, 0.5) is 0 Å². The first kappa shape index (κ1) is 12.2. The fourth-order valence-electron chi connectivity index (χ4n) is 1.81. The third kappa shape index (κ3) is 2.10. The van der Waals surface area contributed by atoms with E-state index >= 15 is 0 Å². The molecule has 0 unspecified atom stereocenters. The maximum Gasteiger partial charge on any atom is 0.555 e. The smallest absolute Gasteiger partial charge is 0.373 e. The van der Waals surface area contributed by atoms with Gasteiger partial charge in [0, 0.05) is 27.5 Å². The number of benzene rings is 1. The molecule has 2 rings (SSSR count). The number of fused-ring (bicyclic) bond motifs is 1. The summed E-state index contributed by atoms with van der Waals surface area (Å²) in [4.78, 5) is 4.38. The summed E-state index contributed by atoms with van der Waals surface area (Å²) in [7, 11) is 1.92. The fraction of sp³-hybridized carbons (Fsp3) is 0.250. The van der Waals surface area contributed by atoms with E-state index in [-0.39, 0.29) is 0 Å². The molecule has 1 aromatic carbocycles. The summed E-state index contributed by atoms with van der Waals surface area (Å²) in [5.74, 6) is 0. The lowest BCUT2D eigenvalue weighted by atomic mass is 10.2. The van der Waals surface area contributed by atoms with Crippen LogP contribution < -0.4 is 5.32 Å². The van der Waals surface area contributed by atoms with Gasteiger partial charge < -0.3 is 13.3 Å². The van der Waals surface area contributed by atoms with Gasteiger partial charge in [0.2, 0.25) is 0 Å². The molecule has 0 saturated heterocycles. The monoisotopic (exact) mass is 249 g/mol. The highest BCUT2D eigenvalue weighted by Crippen LogP contribution is 2.13. The van der Waals surface area contributed by atoms with Gasteiger partial charge in [-0.2, -0.15) is 0 Å². The topological polar surface area (TPSA) is 40.6 Å². The summed E-state index contributed by atoms with van der Waals surface area (Å²) in [5.41, 5.74) is 0. The van der Waals surface area contributed by atoms with Crippen LogP contribution in [0.5, 0.6) is 0 Å². The molecule has 0 radical (unpaired) electrons. The standard InChI is InChI=1S/C12H15NO3Si/c1-14-17(15-2,16-3)12-8-10-6-4-5-7-11(10)9-13-12/h4-9H,1-3H3. The maximum atomic E-state index is 5.40. The Bertz CT molecular complexity index is 506. The molecule has 5 heteroatoms. The van der Waals surface area contributed by atoms with Crippen molar-refractivity contribution in [2.24, 2.45) is 0 Å². The predicted octanol–water partition coefficient (Wildman–Crippen LogP) is 1.32. The summed E-state index contributed by atoms with van der Waals surface area (Å²) in [6, 6.07) is 9.97. The maximum absolute atomic E-state index is 5.40. The summed E-state index contributed by atoms with van der Waals surface area (Å²) in [6.45, 7) is 0. The van der Waals surface area contributed by atoms with Crippen LogP contribution in [-0.2, 0) is 13.3 Å². The molecule has 0 aliphatic carbocycles. The van der Waals surface area contributed by atoms with Crippen LogP contribution in [0.15, 0.2) is 36.5 Å². The molecule has 2 aromatic rings. The third-order valence-electron chi connectivity index (χ3n) is 2.75. The average Bonchev–Trinajstić information content (AvgIpc) is 2.41. The van der Waals surface area contributed by atoms with E-state index in [0.29, 0.717) is 0 Å². The van der Waals surface area contributed by atoms with Gasteiger partial charge in [0.05, 0.1) is 0 Å². The highest BCUT2D eigenvalue weighted by atomic mass is 28.4. The number of rotatable bonds is 4. The Kier molecular flexibility index (Phi) is 3.53. The van der Waals surface area contributed by atoms with E-state index in [0.717, 1.165) is 16.1 Å². The van der Waals surface area contributed by atoms with E-state index in [2.05, 4.69) is 4.98 Å². The van der Waals surface area contributed by atoms with E-state index in [4.69, 9.17) is 13.3 Å². The Morgan fingerprint density at radius 2 is 1.53 bits per heavy atom. The molecule has 17 heavy (non-hydrogen) atoms. The number of hydrogen-bond acceptors (Lipinski definition) is 4. The first-order valence-electron chi connectivity index (χ1n) is 5.26. The molecule has 0 N–H and O–H groups in total. The molecule has 1 aromatic heterocycles. The molecule has 0 atom stereocenters. The summed E-state index contributed by atoms with van der Waals surface area (Å²) in [5, 5.41) is 2.91. The number of hydrogen-bond donors (Lipinski definition) is 0. The molecule has 0 saturated carbocycles. The normalized spacial score (nSPS) is 11.9. The lowest BCUT2D eigenvalue weighted by Crippen LogP contribution is -2.55. The zero-order chi connectivity index (χ0) is 12.3. The van der Waals surface area contributed by atoms with Crippen molar-refractivity contribution in [3.05, 3.63) is 36.5 Å². The quantitative estimate of drug-likeness (QED) is 0.766. The highest BCUT2D eigenvalue weighted by molar-refractivity contribution is 6.74. The van der Waals surface area contributed by atoms with Crippen LogP contribution in [0.1, 0.15) is 0 Å². The van der Waals surface area contributed by atoms with Gasteiger partial charge in [0.1, 0.15) is 5.32 Å². The third-order valence-corrected chi connectivity index (χ3v) is 5.26. The van der Waals surface area contributed by atoms with E-state index in [1.807, 2.05) is 36.5 Å². The zero-order valence-electron chi connectivity index (χ0n) is 10.1. The minimum Gasteiger partial charge on any atom is -0.373 e. The second kappa shape index (κ2) is 4.93. The Morgan fingerprint density at radius 3 is 2.12 bits per heavy atom. The van der Waals surface area contributed by atoms with Crippen molar-refractivity contribution in [2.75, 3.05) is 21.3 Å². The first-order chi connectivity index (χ1) is 8.25.